The first-order valence-electron chi connectivity index (χ1n) is 7.97. The lowest BCUT2D eigenvalue weighted by Crippen LogP contribution is -2.62. The van der Waals surface area contributed by atoms with Gasteiger partial charge in [-0.25, -0.2) is 9.07 Å². The van der Waals surface area contributed by atoms with E-state index in [9.17, 15) is 9.18 Å². The zero-order chi connectivity index (χ0) is 16.0. The van der Waals surface area contributed by atoms with Crippen LogP contribution in [0.4, 0.5) is 4.39 Å². The highest BCUT2D eigenvalue weighted by Crippen LogP contribution is 2.28. The first-order chi connectivity index (χ1) is 11.1. The minimum Gasteiger partial charge on any atom is -0.337 e. The average molecular weight is 351 g/mol. The number of fused-ring (bicyclic) bond motifs is 1. The lowest BCUT2D eigenvalue weighted by atomic mass is 9.84. The number of carbonyl (C=O) groups is 1. The lowest BCUT2D eigenvalue weighted by molar-refractivity contribution is 0.0514. The first kappa shape index (κ1) is 16.9. The maximum absolute atomic E-state index is 14.7. The van der Waals surface area contributed by atoms with Crippen LogP contribution < -0.4 is 5.32 Å². The summed E-state index contributed by atoms with van der Waals surface area (Å²) >= 11 is 0. The molecule has 2 fully saturated rings. The number of rotatable bonds is 2. The lowest BCUT2D eigenvalue weighted by Gasteiger charge is -2.46. The fourth-order valence-corrected chi connectivity index (χ4v) is 3.44. The van der Waals surface area contributed by atoms with Crippen LogP contribution in [0.25, 0.3) is 5.69 Å². The van der Waals surface area contributed by atoms with Crippen LogP contribution in [0.5, 0.6) is 0 Å². The number of carbonyl (C=O) groups excluding carboxylic acids is 1. The van der Waals surface area contributed by atoms with E-state index in [0.717, 1.165) is 13.0 Å². The van der Waals surface area contributed by atoms with Gasteiger partial charge >= 0.3 is 0 Å². The molecule has 4 rings (SSSR count). The summed E-state index contributed by atoms with van der Waals surface area (Å²) in [6.45, 7) is 4.05. The summed E-state index contributed by atoms with van der Waals surface area (Å²) in [6.07, 6.45) is 4.32. The Labute approximate surface area is 146 Å². The molecule has 0 aliphatic carbocycles. The van der Waals surface area contributed by atoms with E-state index in [-0.39, 0.29) is 23.9 Å². The van der Waals surface area contributed by atoms with Crippen LogP contribution in [-0.2, 0) is 0 Å². The number of amides is 1. The molecule has 1 amide bonds. The van der Waals surface area contributed by atoms with Crippen LogP contribution in [0.2, 0.25) is 0 Å². The van der Waals surface area contributed by atoms with Gasteiger partial charge in [0.1, 0.15) is 11.4 Å². The van der Waals surface area contributed by atoms with Gasteiger partial charge in [-0.1, -0.05) is 6.07 Å². The number of aryl methyl sites for hydroxylation is 1. The zero-order valence-electron chi connectivity index (χ0n) is 13.4. The summed E-state index contributed by atoms with van der Waals surface area (Å²) in [5, 5.41) is 7.50. The molecule has 1 aromatic heterocycles. The summed E-state index contributed by atoms with van der Waals surface area (Å²) in [5.74, 6) is -0.0393. The Morgan fingerprint density at radius 1 is 1.42 bits per heavy atom. The van der Waals surface area contributed by atoms with Gasteiger partial charge in [-0.2, -0.15) is 5.10 Å². The van der Waals surface area contributed by atoms with Gasteiger partial charge in [0.15, 0.2) is 0 Å². The quantitative estimate of drug-likeness (QED) is 0.903. The molecule has 2 saturated heterocycles. The third kappa shape index (κ3) is 2.70. The van der Waals surface area contributed by atoms with Crippen LogP contribution in [0, 0.1) is 18.7 Å². The van der Waals surface area contributed by atoms with E-state index in [1.54, 1.807) is 47.1 Å². The molecule has 5 nitrogen and oxygen atoms in total. The standard InChI is InChI=1S/C17H19FN4O.ClH/c1-11-3-4-14(22-7-2-6-20-22)15(16(11)18)17(23)21-8-5-12-9-19-13(12)10-21;/h2-4,6-7,12-13,19H,5,8-10H2,1H3;1H. The van der Waals surface area contributed by atoms with Crippen molar-refractivity contribution in [2.75, 3.05) is 19.6 Å². The Morgan fingerprint density at radius 3 is 2.88 bits per heavy atom. The van der Waals surface area contributed by atoms with Gasteiger partial charge in [0.2, 0.25) is 0 Å². The van der Waals surface area contributed by atoms with Crippen molar-refractivity contribution in [1.29, 1.82) is 0 Å². The van der Waals surface area contributed by atoms with Crippen LogP contribution in [0.3, 0.4) is 0 Å². The van der Waals surface area contributed by atoms with Crippen LogP contribution >= 0.6 is 12.4 Å². The summed E-state index contributed by atoms with van der Waals surface area (Å²) in [6, 6.07) is 5.56. The number of likely N-dealkylation sites (tertiary alicyclic amines) is 1. The number of hydrogen-bond donors (Lipinski definition) is 1. The molecule has 2 aromatic rings. The molecule has 2 aliphatic rings. The Balaban J connectivity index is 0.00000169. The maximum atomic E-state index is 14.7. The van der Waals surface area contributed by atoms with E-state index >= 15 is 0 Å². The molecule has 2 unspecified atom stereocenters. The highest BCUT2D eigenvalue weighted by atomic mass is 35.5. The van der Waals surface area contributed by atoms with Crippen molar-refractivity contribution >= 4 is 18.3 Å². The smallest absolute Gasteiger partial charge is 0.259 e. The topological polar surface area (TPSA) is 50.2 Å². The van der Waals surface area contributed by atoms with Crippen LogP contribution in [0.15, 0.2) is 30.6 Å². The summed E-state index contributed by atoms with van der Waals surface area (Å²) in [4.78, 5) is 14.7. The molecule has 0 spiro atoms. The zero-order valence-corrected chi connectivity index (χ0v) is 14.2. The monoisotopic (exact) mass is 350 g/mol. The highest BCUT2D eigenvalue weighted by molar-refractivity contribution is 5.98. The molecule has 0 saturated carbocycles. The van der Waals surface area contributed by atoms with E-state index in [1.807, 2.05) is 0 Å². The number of piperidine rings is 1. The van der Waals surface area contributed by atoms with Crippen molar-refractivity contribution < 1.29 is 9.18 Å². The Kier molecular flexibility index (Phi) is 4.60. The molecule has 2 atom stereocenters. The first-order valence-corrected chi connectivity index (χ1v) is 7.97. The van der Waals surface area contributed by atoms with E-state index in [0.29, 0.717) is 36.3 Å². The molecule has 1 aromatic carbocycles. The molecule has 7 heteroatoms. The second kappa shape index (κ2) is 6.53. The maximum Gasteiger partial charge on any atom is 0.259 e. The van der Waals surface area contributed by atoms with Gasteiger partial charge in [-0.3, -0.25) is 4.79 Å². The van der Waals surface area contributed by atoms with E-state index in [1.165, 1.54) is 0 Å². The van der Waals surface area contributed by atoms with Gasteiger partial charge in [0, 0.05) is 31.5 Å². The van der Waals surface area contributed by atoms with Gasteiger partial charge in [-0.05, 0) is 43.5 Å². The van der Waals surface area contributed by atoms with Crippen molar-refractivity contribution in [2.24, 2.45) is 5.92 Å². The van der Waals surface area contributed by atoms with Crippen molar-refractivity contribution in [3.63, 3.8) is 0 Å². The van der Waals surface area contributed by atoms with Crippen molar-refractivity contribution in [3.05, 3.63) is 47.5 Å². The van der Waals surface area contributed by atoms with Gasteiger partial charge in [-0.15, -0.1) is 12.4 Å². The fraction of sp³-hybridized carbons (Fsp3) is 0.412. The van der Waals surface area contributed by atoms with Gasteiger partial charge in [0.25, 0.3) is 5.91 Å². The Hall–Kier alpha value is -1.92. The summed E-state index contributed by atoms with van der Waals surface area (Å²) < 4.78 is 16.3. The van der Waals surface area contributed by atoms with E-state index in [2.05, 4.69) is 10.4 Å². The number of aromatic nitrogens is 2. The molecule has 0 bridgehead atoms. The minimum absolute atomic E-state index is 0. The molecule has 128 valence electrons. The summed E-state index contributed by atoms with van der Waals surface area (Å²) in [5.41, 5.74) is 1.08. The molecular weight excluding hydrogens is 331 g/mol. The second-order valence-electron chi connectivity index (χ2n) is 6.36. The van der Waals surface area contributed by atoms with Gasteiger partial charge < -0.3 is 10.2 Å². The SMILES string of the molecule is Cc1ccc(-n2cccn2)c(C(=O)N2CCC3CNC3C2)c1F.Cl. The molecule has 0 radical (unpaired) electrons. The van der Waals surface area contributed by atoms with Gasteiger partial charge in [0.05, 0.1) is 5.69 Å². The molecule has 1 N–H and O–H groups in total. The predicted octanol–water partition coefficient (Wildman–Crippen LogP) is 2.18. The highest BCUT2D eigenvalue weighted by Gasteiger charge is 2.38. The molecular formula is C17H20ClFN4O. The molecule has 24 heavy (non-hydrogen) atoms. The molecule has 2 aliphatic heterocycles. The fourth-order valence-electron chi connectivity index (χ4n) is 3.44. The van der Waals surface area contributed by atoms with E-state index in [4.69, 9.17) is 0 Å². The predicted molar refractivity (Wildman–Crippen MR) is 91.3 cm³/mol. The third-order valence-electron chi connectivity index (χ3n) is 4.96. The van der Waals surface area contributed by atoms with E-state index < -0.39 is 5.82 Å². The normalized spacial score (nSPS) is 22.3. The average Bonchev–Trinajstić information content (AvgIpc) is 3.04. The molecule has 3 heterocycles. The number of halogens is 2. The minimum atomic E-state index is -0.452. The van der Waals surface area contributed by atoms with Crippen LogP contribution in [-0.4, -0.2) is 46.3 Å². The number of benzene rings is 1. The third-order valence-corrected chi connectivity index (χ3v) is 4.96. The van der Waals surface area contributed by atoms with Crippen molar-refractivity contribution in [3.8, 4) is 5.69 Å². The Bertz CT molecular complexity index is 749. The van der Waals surface area contributed by atoms with Crippen molar-refractivity contribution in [1.82, 2.24) is 20.0 Å². The van der Waals surface area contributed by atoms with Crippen LogP contribution in [0.1, 0.15) is 22.3 Å². The van der Waals surface area contributed by atoms with Crippen molar-refractivity contribution in [2.45, 2.75) is 19.4 Å². The summed E-state index contributed by atoms with van der Waals surface area (Å²) in [7, 11) is 0. The largest absolute Gasteiger partial charge is 0.337 e. The number of hydrogen-bond acceptors (Lipinski definition) is 3. The number of nitrogens with one attached hydrogen (secondary N) is 1. The number of nitrogens with zero attached hydrogens (tertiary/aromatic N) is 3. The Morgan fingerprint density at radius 2 is 2.25 bits per heavy atom. The second-order valence-corrected chi connectivity index (χ2v) is 6.36.